The second kappa shape index (κ2) is 6.10. The highest BCUT2D eigenvalue weighted by atomic mass is 19.1. The predicted molar refractivity (Wildman–Crippen MR) is 58.9 cm³/mol. The van der Waals surface area contributed by atoms with Crippen molar-refractivity contribution in [3.63, 3.8) is 0 Å². The van der Waals surface area contributed by atoms with Gasteiger partial charge in [-0.3, -0.25) is 4.79 Å². The second-order valence-corrected chi connectivity index (χ2v) is 3.79. The van der Waals surface area contributed by atoms with Gasteiger partial charge in [-0.15, -0.1) is 0 Å². The van der Waals surface area contributed by atoms with Crippen molar-refractivity contribution in [3.8, 4) is 6.07 Å². The van der Waals surface area contributed by atoms with E-state index in [2.05, 4.69) is 0 Å². The molecule has 6 heteroatoms. The maximum absolute atomic E-state index is 13.0. The topological polar surface area (TPSA) is 102 Å². The first-order valence-corrected chi connectivity index (χ1v) is 5.19. The van der Waals surface area contributed by atoms with E-state index < -0.39 is 30.4 Å². The molecule has 5 nitrogen and oxygen atoms in total. The Labute approximate surface area is 103 Å². The van der Waals surface area contributed by atoms with Crippen LogP contribution >= 0.6 is 0 Å². The lowest BCUT2D eigenvalue weighted by Crippen LogP contribution is -2.19. The van der Waals surface area contributed by atoms with Gasteiger partial charge in [0, 0.05) is 0 Å². The maximum atomic E-state index is 13.0. The van der Waals surface area contributed by atoms with Crippen molar-refractivity contribution in [2.75, 3.05) is 0 Å². The third kappa shape index (κ3) is 3.52. The fourth-order valence-corrected chi connectivity index (χ4v) is 1.59. The highest BCUT2D eigenvalue weighted by Crippen LogP contribution is 2.24. The average Bonchev–Trinajstić information content (AvgIpc) is 2.28. The van der Waals surface area contributed by atoms with Gasteiger partial charge in [0.2, 0.25) is 0 Å². The minimum absolute atomic E-state index is 0.0759. The summed E-state index contributed by atoms with van der Waals surface area (Å²) in [5.41, 5.74) is 0.188. The molecule has 0 amide bonds. The lowest BCUT2D eigenvalue weighted by molar-refractivity contribution is -0.136. The molecule has 0 aromatic heterocycles. The Balaban J connectivity index is 3.07. The number of nitrogens with zero attached hydrogens (tertiary/aromatic N) is 1. The van der Waals surface area contributed by atoms with Crippen LogP contribution in [0.5, 0.6) is 0 Å². The Morgan fingerprint density at radius 1 is 1.44 bits per heavy atom. The monoisotopic (exact) mass is 253 g/mol. The predicted octanol–water partition coefficient (Wildman–Crippen LogP) is 0.761. The Morgan fingerprint density at radius 3 is 2.67 bits per heavy atom. The van der Waals surface area contributed by atoms with E-state index in [1.54, 1.807) is 6.07 Å². The number of carboxylic acid groups (broad SMARTS) is 1. The van der Waals surface area contributed by atoms with E-state index in [0.717, 1.165) is 12.1 Å². The zero-order valence-electron chi connectivity index (χ0n) is 9.38. The van der Waals surface area contributed by atoms with E-state index in [1.165, 1.54) is 6.07 Å². The molecule has 2 atom stereocenters. The fourth-order valence-electron chi connectivity index (χ4n) is 1.59. The van der Waals surface area contributed by atoms with Crippen LogP contribution in [0.15, 0.2) is 18.2 Å². The first-order chi connectivity index (χ1) is 8.45. The summed E-state index contributed by atoms with van der Waals surface area (Å²) >= 11 is 0. The summed E-state index contributed by atoms with van der Waals surface area (Å²) in [6.07, 6.45) is -3.53. The molecule has 0 aliphatic heterocycles. The van der Waals surface area contributed by atoms with Crippen molar-refractivity contribution in [2.45, 2.75) is 25.0 Å². The number of aliphatic carboxylic acids is 1. The number of carboxylic acids is 1. The van der Waals surface area contributed by atoms with Crippen molar-refractivity contribution in [1.29, 1.82) is 5.26 Å². The zero-order chi connectivity index (χ0) is 13.7. The summed E-state index contributed by atoms with van der Waals surface area (Å²) in [4.78, 5) is 10.6. The van der Waals surface area contributed by atoms with Crippen LogP contribution in [0, 0.1) is 17.1 Å². The largest absolute Gasteiger partial charge is 0.481 e. The highest BCUT2D eigenvalue weighted by Gasteiger charge is 2.22. The summed E-state index contributed by atoms with van der Waals surface area (Å²) < 4.78 is 13.0. The second-order valence-electron chi connectivity index (χ2n) is 3.79. The van der Waals surface area contributed by atoms with E-state index >= 15 is 0 Å². The highest BCUT2D eigenvalue weighted by molar-refractivity contribution is 5.70. The Bertz CT molecular complexity index is 483. The van der Waals surface area contributed by atoms with Crippen molar-refractivity contribution < 1.29 is 24.5 Å². The first kappa shape index (κ1) is 14.1. The molecule has 0 aliphatic rings. The van der Waals surface area contributed by atoms with E-state index in [1.807, 2.05) is 0 Å². The normalized spacial score (nSPS) is 13.7. The van der Waals surface area contributed by atoms with Crippen molar-refractivity contribution in [1.82, 2.24) is 0 Å². The molecule has 3 N–H and O–H groups in total. The van der Waals surface area contributed by atoms with Gasteiger partial charge in [-0.05, 0) is 23.3 Å². The van der Waals surface area contributed by atoms with Crippen LogP contribution in [0.2, 0.25) is 0 Å². The number of rotatable bonds is 5. The molecule has 2 unspecified atom stereocenters. The van der Waals surface area contributed by atoms with Crippen LogP contribution in [0.25, 0.3) is 0 Å². The van der Waals surface area contributed by atoms with Crippen LogP contribution in [0.3, 0.4) is 0 Å². The molecule has 18 heavy (non-hydrogen) atoms. The number of hydrogen-bond acceptors (Lipinski definition) is 4. The number of aliphatic hydroxyl groups is 2. The van der Waals surface area contributed by atoms with Gasteiger partial charge in [-0.2, -0.15) is 5.26 Å². The van der Waals surface area contributed by atoms with Crippen LogP contribution in [0.4, 0.5) is 4.39 Å². The third-order valence-electron chi connectivity index (χ3n) is 2.43. The molecule has 1 aromatic rings. The Kier molecular flexibility index (Phi) is 4.77. The van der Waals surface area contributed by atoms with Gasteiger partial charge in [0.15, 0.2) is 0 Å². The minimum atomic E-state index is -1.42. The average molecular weight is 253 g/mol. The number of carbonyl (C=O) groups is 1. The molecule has 0 saturated heterocycles. The standard InChI is InChI=1S/C12H12FNO4/c13-8-1-2-9(7(5-8)6-11(16)17)12(18)10(15)3-4-14/h1-2,5,10,12,15,18H,3,6H2,(H,16,17). The van der Waals surface area contributed by atoms with Gasteiger partial charge in [0.05, 0.1) is 25.0 Å². The summed E-state index contributed by atoms with van der Waals surface area (Å²) in [6, 6.07) is 4.95. The molecule has 0 aliphatic carbocycles. The summed E-state index contributed by atoms with van der Waals surface area (Å²) in [5, 5.41) is 36.4. The van der Waals surface area contributed by atoms with Crippen molar-refractivity contribution >= 4 is 5.97 Å². The molecule has 0 radical (unpaired) electrons. The van der Waals surface area contributed by atoms with E-state index in [0.29, 0.717) is 0 Å². The molecule has 0 fully saturated rings. The molecule has 0 heterocycles. The summed E-state index contributed by atoms with van der Waals surface area (Å²) in [6.45, 7) is 0. The van der Waals surface area contributed by atoms with Crippen molar-refractivity contribution in [3.05, 3.63) is 35.1 Å². The first-order valence-electron chi connectivity index (χ1n) is 5.19. The van der Waals surface area contributed by atoms with Crippen LogP contribution in [0.1, 0.15) is 23.7 Å². The quantitative estimate of drug-likeness (QED) is 0.719. The van der Waals surface area contributed by atoms with Gasteiger partial charge >= 0.3 is 5.97 Å². The molecule has 96 valence electrons. The van der Waals surface area contributed by atoms with Gasteiger partial charge < -0.3 is 15.3 Å². The number of hydrogen-bond donors (Lipinski definition) is 3. The smallest absolute Gasteiger partial charge is 0.307 e. The minimum Gasteiger partial charge on any atom is -0.481 e. The summed E-state index contributed by atoms with van der Waals surface area (Å²) in [5.74, 6) is -1.80. The SMILES string of the molecule is N#CCC(O)C(O)c1ccc(F)cc1CC(=O)O. The molecular weight excluding hydrogens is 241 g/mol. The van der Waals surface area contributed by atoms with E-state index in [9.17, 15) is 19.4 Å². The third-order valence-corrected chi connectivity index (χ3v) is 2.43. The number of benzene rings is 1. The van der Waals surface area contributed by atoms with Gasteiger partial charge in [-0.25, -0.2) is 4.39 Å². The van der Waals surface area contributed by atoms with Crippen LogP contribution in [-0.4, -0.2) is 27.4 Å². The maximum Gasteiger partial charge on any atom is 0.307 e. The zero-order valence-corrected chi connectivity index (χ0v) is 9.38. The molecule has 0 bridgehead atoms. The molecule has 0 saturated carbocycles. The molecule has 0 spiro atoms. The molecule has 1 aromatic carbocycles. The van der Waals surface area contributed by atoms with Gasteiger partial charge in [-0.1, -0.05) is 6.07 Å². The molecular formula is C12H12FNO4. The fraction of sp³-hybridized carbons (Fsp3) is 0.333. The van der Waals surface area contributed by atoms with E-state index in [4.69, 9.17) is 10.4 Å². The summed E-state index contributed by atoms with van der Waals surface area (Å²) in [7, 11) is 0. The van der Waals surface area contributed by atoms with Crippen molar-refractivity contribution in [2.24, 2.45) is 0 Å². The van der Waals surface area contributed by atoms with Crippen LogP contribution < -0.4 is 0 Å². The van der Waals surface area contributed by atoms with Gasteiger partial charge in [0.1, 0.15) is 11.9 Å². The number of nitriles is 1. The van der Waals surface area contributed by atoms with Gasteiger partial charge in [0.25, 0.3) is 0 Å². The number of halogens is 1. The lowest BCUT2D eigenvalue weighted by Gasteiger charge is -2.18. The molecule has 1 rings (SSSR count). The lowest BCUT2D eigenvalue weighted by atomic mass is 9.95. The number of aliphatic hydroxyl groups excluding tert-OH is 2. The Morgan fingerprint density at radius 2 is 2.11 bits per heavy atom. The Hall–Kier alpha value is -1.97. The van der Waals surface area contributed by atoms with E-state index in [-0.39, 0.29) is 17.5 Å². The van der Waals surface area contributed by atoms with Crippen LogP contribution in [-0.2, 0) is 11.2 Å².